The first-order chi connectivity index (χ1) is 8.95. The fourth-order valence-electron chi connectivity index (χ4n) is 2.25. The quantitative estimate of drug-likeness (QED) is 0.645. The van der Waals surface area contributed by atoms with Crippen LogP contribution in [0.4, 0.5) is 0 Å². The lowest BCUT2D eigenvalue weighted by Crippen LogP contribution is -2.48. The van der Waals surface area contributed by atoms with E-state index >= 15 is 0 Å². The number of rotatable bonds is 8. The molecule has 0 amide bonds. The molecule has 1 saturated heterocycles. The number of piperidine rings is 1. The molecule has 0 spiro atoms. The second-order valence-corrected chi connectivity index (χ2v) is 7.13. The Morgan fingerprint density at radius 3 is 2.74 bits per heavy atom. The molecule has 1 rings (SSSR count). The standard InChI is InChI=1S/C12H28N4O2S/c1-4-13-10-12-6-5-8-16(11-12)19(17,18)14-7-9-15(2)3/h12-14H,4-11H2,1-3H3. The zero-order valence-electron chi connectivity index (χ0n) is 12.4. The molecular weight excluding hydrogens is 264 g/mol. The van der Waals surface area contributed by atoms with Crippen molar-refractivity contribution in [1.29, 1.82) is 0 Å². The summed E-state index contributed by atoms with van der Waals surface area (Å²) in [4.78, 5) is 1.96. The van der Waals surface area contributed by atoms with Gasteiger partial charge in [0.15, 0.2) is 0 Å². The van der Waals surface area contributed by atoms with E-state index in [-0.39, 0.29) is 0 Å². The summed E-state index contributed by atoms with van der Waals surface area (Å²) in [6.07, 6.45) is 2.06. The van der Waals surface area contributed by atoms with E-state index in [0.717, 1.165) is 25.9 Å². The van der Waals surface area contributed by atoms with Gasteiger partial charge in [-0.05, 0) is 45.9 Å². The number of hydrogen-bond donors (Lipinski definition) is 2. The van der Waals surface area contributed by atoms with E-state index in [1.54, 1.807) is 4.31 Å². The molecule has 0 saturated carbocycles. The highest BCUT2D eigenvalue weighted by Gasteiger charge is 2.28. The smallest absolute Gasteiger partial charge is 0.279 e. The summed E-state index contributed by atoms with van der Waals surface area (Å²) in [7, 11) is 0.556. The van der Waals surface area contributed by atoms with Crippen molar-refractivity contribution in [3.8, 4) is 0 Å². The fraction of sp³-hybridized carbons (Fsp3) is 1.00. The van der Waals surface area contributed by atoms with Crippen molar-refractivity contribution in [2.75, 3.05) is 53.4 Å². The highest BCUT2D eigenvalue weighted by atomic mass is 32.2. The summed E-state index contributed by atoms with van der Waals surface area (Å²) in [6.45, 7) is 6.35. The summed E-state index contributed by atoms with van der Waals surface area (Å²) >= 11 is 0. The van der Waals surface area contributed by atoms with Crippen LogP contribution in [0.2, 0.25) is 0 Å². The highest BCUT2D eigenvalue weighted by Crippen LogP contribution is 2.17. The van der Waals surface area contributed by atoms with E-state index in [0.29, 0.717) is 32.1 Å². The van der Waals surface area contributed by atoms with Crippen LogP contribution in [0.1, 0.15) is 19.8 Å². The van der Waals surface area contributed by atoms with Gasteiger partial charge >= 0.3 is 0 Å². The van der Waals surface area contributed by atoms with E-state index in [9.17, 15) is 8.42 Å². The summed E-state index contributed by atoms with van der Waals surface area (Å²) < 4.78 is 28.6. The SMILES string of the molecule is CCNCC1CCCN(S(=O)(=O)NCCN(C)C)C1. The van der Waals surface area contributed by atoms with Gasteiger partial charge in [0.05, 0.1) is 0 Å². The Morgan fingerprint density at radius 1 is 1.37 bits per heavy atom. The molecule has 0 radical (unpaired) electrons. The lowest BCUT2D eigenvalue weighted by atomic mass is 10.00. The van der Waals surface area contributed by atoms with Crippen molar-refractivity contribution in [3.63, 3.8) is 0 Å². The van der Waals surface area contributed by atoms with Crippen molar-refractivity contribution < 1.29 is 8.42 Å². The third kappa shape index (κ3) is 6.18. The van der Waals surface area contributed by atoms with Crippen LogP contribution in [-0.4, -0.2) is 71.0 Å². The Bertz CT molecular complexity index is 346. The van der Waals surface area contributed by atoms with E-state index in [1.807, 2.05) is 19.0 Å². The number of nitrogens with zero attached hydrogens (tertiary/aromatic N) is 2. The first-order valence-electron chi connectivity index (χ1n) is 7.06. The number of hydrogen-bond acceptors (Lipinski definition) is 4. The zero-order chi connectivity index (χ0) is 14.3. The molecule has 1 aliphatic heterocycles. The van der Waals surface area contributed by atoms with Crippen LogP contribution in [0.5, 0.6) is 0 Å². The average molecular weight is 292 g/mol. The van der Waals surface area contributed by atoms with Gasteiger partial charge in [-0.2, -0.15) is 12.7 Å². The van der Waals surface area contributed by atoms with Crippen LogP contribution < -0.4 is 10.0 Å². The van der Waals surface area contributed by atoms with Crippen LogP contribution in [-0.2, 0) is 10.2 Å². The fourth-order valence-corrected chi connectivity index (χ4v) is 3.56. The minimum Gasteiger partial charge on any atom is -0.317 e. The first kappa shape index (κ1) is 16.8. The lowest BCUT2D eigenvalue weighted by Gasteiger charge is -2.32. The predicted molar refractivity (Wildman–Crippen MR) is 78.3 cm³/mol. The van der Waals surface area contributed by atoms with Crippen molar-refractivity contribution in [1.82, 2.24) is 19.2 Å². The minimum absolute atomic E-state index is 0.430. The highest BCUT2D eigenvalue weighted by molar-refractivity contribution is 7.87. The largest absolute Gasteiger partial charge is 0.317 e. The Labute approximate surface area is 117 Å². The van der Waals surface area contributed by atoms with Gasteiger partial charge < -0.3 is 10.2 Å². The van der Waals surface area contributed by atoms with Gasteiger partial charge in [0.2, 0.25) is 0 Å². The third-order valence-electron chi connectivity index (χ3n) is 3.35. The van der Waals surface area contributed by atoms with Gasteiger partial charge in [-0.25, -0.2) is 4.72 Å². The molecule has 1 heterocycles. The second-order valence-electron chi connectivity index (χ2n) is 5.38. The van der Waals surface area contributed by atoms with E-state index < -0.39 is 10.2 Å². The van der Waals surface area contributed by atoms with Gasteiger partial charge in [0.25, 0.3) is 10.2 Å². The summed E-state index contributed by atoms with van der Waals surface area (Å²) in [5.41, 5.74) is 0. The number of likely N-dealkylation sites (N-methyl/N-ethyl adjacent to an activating group) is 1. The average Bonchev–Trinajstić information content (AvgIpc) is 2.36. The molecule has 1 fully saturated rings. The molecule has 19 heavy (non-hydrogen) atoms. The molecule has 7 heteroatoms. The molecule has 0 aromatic carbocycles. The Morgan fingerprint density at radius 2 is 2.11 bits per heavy atom. The molecule has 1 atom stereocenters. The lowest BCUT2D eigenvalue weighted by molar-refractivity contribution is 0.258. The summed E-state index contributed by atoms with van der Waals surface area (Å²) in [5, 5.41) is 3.30. The molecule has 114 valence electrons. The second kappa shape index (κ2) is 8.16. The van der Waals surface area contributed by atoms with Crippen molar-refractivity contribution in [2.24, 2.45) is 5.92 Å². The maximum atomic E-state index is 12.2. The molecule has 1 aliphatic rings. The first-order valence-corrected chi connectivity index (χ1v) is 8.50. The van der Waals surface area contributed by atoms with Crippen molar-refractivity contribution in [3.05, 3.63) is 0 Å². The van der Waals surface area contributed by atoms with E-state index in [2.05, 4.69) is 17.0 Å². The Balaban J connectivity index is 2.43. The Kier molecular flexibility index (Phi) is 7.23. The van der Waals surface area contributed by atoms with Crippen LogP contribution in [0, 0.1) is 5.92 Å². The van der Waals surface area contributed by atoms with Crippen molar-refractivity contribution >= 4 is 10.2 Å². The van der Waals surface area contributed by atoms with Gasteiger partial charge in [0.1, 0.15) is 0 Å². The number of nitrogens with one attached hydrogen (secondary N) is 2. The molecule has 0 aromatic rings. The monoisotopic (exact) mass is 292 g/mol. The predicted octanol–water partition coefficient (Wildman–Crippen LogP) is -0.296. The Hall–Kier alpha value is -0.210. The van der Waals surface area contributed by atoms with E-state index in [4.69, 9.17) is 0 Å². The maximum Gasteiger partial charge on any atom is 0.279 e. The molecule has 0 bridgehead atoms. The van der Waals surface area contributed by atoms with E-state index in [1.165, 1.54) is 0 Å². The molecule has 6 nitrogen and oxygen atoms in total. The summed E-state index contributed by atoms with van der Waals surface area (Å²) in [6, 6.07) is 0. The van der Waals surface area contributed by atoms with Gasteiger partial charge in [-0.15, -0.1) is 0 Å². The molecule has 2 N–H and O–H groups in total. The normalized spacial score (nSPS) is 22.0. The van der Waals surface area contributed by atoms with Gasteiger partial charge in [-0.1, -0.05) is 6.92 Å². The summed E-state index contributed by atoms with van der Waals surface area (Å²) in [5.74, 6) is 0.430. The van der Waals surface area contributed by atoms with Crippen LogP contribution in [0.3, 0.4) is 0 Å². The van der Waals surface area contributed by atoms with Gasteiger partial charge in [-0.3, -0.25) is 0 Å². The zero-order valence-corrected chi connectivity index (χ0v) is 13.2. The van der Waals surface area contributed by atoms with Crippen molar-refractivity contribution in [2.45, 2.75) is 19.8 Å². The molecule has 0 aliphatic carbocycles. The van der Waals surface area contributed by atoms with Crippen LogP contribution in [0.25, 0.3) is 0 Å². The maximum absolute atomic E-state index is 12.2. The van der Waals surface area contributed by atoms with Crippen LogP contribution in [0.15, 0.2) is 0 Å². The van der Waals surface area contributed by atoms with Crippen LogP contribution >= 0.6 is 0 Å². The molecule has 0 aromatic heterocycles. The molecule has 1 unspecified atom stereocenters. The topological polar surface area (TPSA) is 64.7 Å². The third-order valence-corrected chi connectivity index (χ3v) is 4.93. The molecular formula is C12H28N4O2S. The minimum atomic E-state index is -3.31. The van der Waals surface area contributed by atoms with Gasteiger partial charge in [0, 0.05) is 26.2 Å².